The van der Waals surface area contributed by atoms with E-state index in [1.807, 2.05) is 0 Å². The van der Waals surface area contributed by atoms with E-state index in [-0.39, 0.29) is 18.6 Å². The van der Waals surface area contributed by atoms with Crippen LogP contribution in [-0.2, 0) is 9.53 Å². The minimum Gasteiger partial charge on any atom is -0.396 e. The van der Waals surface area contributed by atoms with Gasteiger partial charge in [-0.3, -0.25) is 4.79 Å². The van der Waals surface area contributed by atoms with Crippen LogP contribution in [0.5, 0.6) is 0 Å². The van der Waals surface area contributed by atoms with Crippen LogP contribution in [0.1, 0.15) is 12.8 Å². The standard InChI is InChI=1S/C9H17NO3S/c11-3-5-14-7-9(12)10-6-8-2-1-4-13-8/h8,11H,1-7H2,(H,10,12)/t8-/m1/s1. The first-order chi connectivity index (χ1) is 6.83. The average Bonchev–Trinajstić information content (AvgIpc) is 2.68. The monoisotopic (exact) mass is 219 g/mol. The first kappa shape index (κ1) is 11.8. The second kappa shape index (κ2) is 7.09. The minimum absolute atomic E-state index is 0.0268. The van der Waals surface area contributed by atoms with Crippen LogP contribution < -0.4 is 5.32 Å². The third kappa shape index (κ3) is 4.83. The lowest BCUT2D eigenvalue weighted by Crippen LogP contribution is -2.33. The predicted molar refractivity (Wildman–Crippen MR) is 56.4 cm³/mol. The fourth-order valence-corrected chi connectivity index (χ4v) is 1.87. The molecule has 1 amide bonds. The molecule has 0 aromatic carbocycles. The fraction of sp³-hybridized carbons (Fsp3) is 0.889. The third-order valence-electron chi connectivity index (χ3n) is 2.02. The van der Waals surface area contributed by atoms with E-state index in [0.717, 1.165) is 19.4 Å². The molecule has 0 aromatic rings. The molecule has 1 aliphatic heterocycles. The third-order valence-corrected chi connectivity index (χ3v) is 2.96. The summed E-state index contributed by atoms with van der Waals surface area (Å²) in [5.41, 5.74) is 0. The molecule has 1 saturated heterocycles. The summed E-state index contributed by atoms with van der Waals surface area (Å²) < 4.78 is 5.37. The molecule has 0 saturated carbocycles. The Morgan fingerprint density at radius 3 is 3.14 bits per heavy atom. The van der Waals surface area contributed by atoms with Crippen LogP contribution in [0, 0.1) is 0 Å². The van der Waals surface area contributed by atoms with Crippen LogP contribution in [0.15, 0.2) is 0 Å². The molecule has 0 spiro atoms. The number of nitrogens with one attached hydrogen (secondary N) is 1. The summed E-state index contributed by atoms with van der Waals surface area (Å²) in [7, 11) is 0. The van der Waals surface area contributed by atoms with Crippen molar-refractivity contribution in [2.75, 3.05) is 31.3 Å². The van der Waals surface area contributed by atoms with Gasteiger partial charge in [0.2, 0.25) is 5.91 Å². The summed E-state index contributed by atoms with van der Waals surface area (Å²) >= 11 is 1.44. The van der Waals surface area contributed by atoms with Gasteiger partial charge in [0.05, 0.1) is 18.5 Å². The van der Waals surface area contributed by atoms with Crippen molar-refractivity contribution in [3.8, 4) is 0 Å². The van der Waals surface area contributed by atoms with Crippen molar-refractivity contribution in [3.05, 3.63) is 0 Å². The normalized spacial score (nSPS) is 21.1. The molecule has 1 fully saturated rings. The molecular weight excluding hydrogens is 202 g/mol. The summed E-state index contributed by atoms with van der Waals surface area (Å²) in [4.78, 5) is 11.2. The van der Waals surface area contributed by atoms with Crippen molar-refractivity contribution in [1.29, 1.82) is 0 Å². The van der Waals surface area contributed by atoms with E-state index < -0.39 is 0 Å². The molecule has 0 radical (unpaired) electrons. The quantitative estimate of drug-likeness (QED) is 0.618. The van der Waals surface area contributed by atoms with Crippen molar-refractivity contribution < 1.29 is 14.6 Å². The zero-order chi connectivity index (χ0) is 10.2. The Bertz CT molecular complexity index is 171. The van der Waals surface area contributed by atoms with Gasteiger partial charge in [0.15, 0.2) is 0 Å². The van der Waals surface area contributed by atoms with Gasteiger partial charge in [0, 0.05) is 18.9 Å². The van der Waals surface area contributed by atoms with Crippen LogP contribution in [0.3, 0.4) is 0 Å². The smallest absolute Gasteiger partial charge is 0.230 e. The zero-order valence-corrected chi connectivity index (χ0v) is 9.02. The van der Waals surface area contributed by atoms with Crippen molar-refractivity contribution in [2.45, 2.75) is 18.9 Å². The number of ether oxygens (including phenoxy) is 1. The molecule has 5 heteroatoms. The second-order valence-corrected chi connectivity index (χ2v) is 4.32. The van der Waals surface area contributed by atoms with Crippen molar-refractivity contribution in [1.82, 2.24) is 5.32 Å². The molecule has 2 N–H and O–H groups in total. The first-order valence-electron chi connectivity index (χ1n) is 4.90. The molecule has 14 heavy (non-hydrogen) atoms. The SMILES string of the molecule is O=C(CSCCO)NC[C@H]1CCCO1. The number of hydrogen-bond acceptors (Lipinski definition) is 4. The summed E-state index contributed by atoms with van der Waals surface area (Å²) in [5, 5.41) is 11.3. The predicted octanol–water partition coefficient (Wildman–Crippen LogP) is 0.00710. The lowest BCUT2D eigenvalue weighted by Gasteiger charge is -2.10. The van der Waals surface area contributed by atoms with Gasteiger partial charge < -0.3 is 15.2 Å². The topological polar surface area (TPSA) is 58.6 Å². The Hall–Kier alpha value is -0.260. The van der Waals surface area contributed by atoms with E-state index in [9.17, 15) is 4.79 Å². The summed E-state index contributed by atoms with van der Waals surface area (Å²) in [6, 6.07) is 0. The Kier molecular flexibility index (Phi) is 5.98. The number of amides is 1. The van der Waals surface area contributed by atoms with E-state index in [4.69, 9.17) is 9.84 Å². The number of carbonyl (C=O) groups excluding carboxylic acids is 1. The van der Waals surface area contributed by atoms with Gasteiger partial charge in [-0.1, -0.05) is 0 Å². The van der Waals surface area contributed by atoms with E-state index in [0.29, 0.717) is 18.1 Å². The maximum atomic E-state index is 11.2. The second-order valence-electron chi connectivity index (χ2n) is 3.22. The summed E-state index contributed by atoms with van der Waals surface area (Å²) in [6.45, 7) is 1.57. The number of hydrogen-bond donors (Lipinski definition) is 2. The molecule has 0 unspecified atom stereocenters. The minimum atomic E-state index is 0.0268. The van der Waals surface area contributed by atoms with E-state index in [1.165, 1.54) is 11.8 Å². The van der Waals surface area contributed by atoms with Gasteiger partial charge in [-0.25, -0.2) is 0 Å². The number of aliphatic hydroxyl groups is 1. The number of rotatable bonds is 6. The summed E-state index contributed by atoms with van der Waals surface area (Å²) in [5.74, 6) is 1.07. The highest BCUT2D eigenvalue weighted by molar-refractivity contribution is 7.99. The lowest BCUT2D eigenvalue weighted by atomic mass is 10.2. The van der Waals surface area contributed by atoms with E-state index in [1.54, 1.807) is 0 Å². The first-order valence-corrected chi connectivity index (χ1v) is 6.05. The van der Waals surface area contributed by atoms with E-state index >= 15 is 0 Å². The van der Waals surface area contributed by atoms with Crippen molar-refractivity contribution >= 4 is 17.7 Å². The van der Waals surface area contributed by atoms with Crippen molar-refractivity contribution in [2.24, 2.45) is 0 Å². The average molecular weight is 219 g/mol. The molecule has 82 valence electrons. The molecule has 4 nitrogen and oxygen atoms in total. The maximum absolute atomic E-state index is 11.2. The number of aliphatic hydroxyl groups excluding tert-OH is 1. The Morgan fingerprint density at radius 1 is 1.64 bits per heavy atom. The van der Waals surface area contributed by atoms with Gasteiger partial charge in [0.1, 0.15) is 0 Å². The number of thioether (sulfide) groups is 1. The van der Waals surface area contributed by atoms with Gasteiger partial charge in [-0.2, -0.15) is 0 Å². The fourth-order valence-electron chi connectivity index (χ4n) is 1.31. The van der Waals surface area contributed by atoms with Gasteiger partial charge in [-0.05, 0) is 12.8 Å². The maximum Gasteiger partial charge on any atom is 0.230 e. The molecule has 0 bridgehead atoms. The van der Waals surface area contributed by atoms with Crippen LogP contribution in [0.4, 0.5) is 0 Å². The molecule has 0 aliphatic carbocycles. The molecule has 0 aromatic heterocycles. The lowest BCUT2D eigenvalue weighted by molar-refractivity contribution is -0.119. The molecule has 1 aliphatic rings. The Morgan fingerprint density at radius 2 is 2.50 bits per heavy atom. The van der Waals surface area contributed by atoms with Crippen LogP contribution in [0.25, 0.3) is 0 Å². The van der Waals surface area contributed by atoms with Crippen LogP contribution >= 0.6 is 11.8 Å². The number of carbonyl (C=O) groups is 1. The van der Waals surface area contributed by atoms with Gasteiger partial charge >= 0.3 is 0 Å². The molecule has 1 heterocycles. The molecule has 1 atom stereocenters. The highest BCUT2D eigenvalue weighted by Crippen LogP contribution is 2.10. The van der Waals surface area contributed by atoms with Gasteiger partial charge in [0.25, 0.3) is 0 Å². The Balaban J connectivity index is 1.96. The highest BCUT2D eigenvalue weighted by Gasteiger charge is 2.15. The summed E-state index contributed by atoms with van der Waals surface area (Å²) in [6.07, 6.45) is 2.35. The molecular formula is C9H17NO3S. The van der Waals surface area contributed by atoms with Crippen LogP contribution in [-0.4, -0.2) is 48.4 Å². The highest BCUT2D eigenvalue weighted by atomic mass is 32.2. The largest absolute Gasteiger partial charge is 0.396 e. The van der Waals surface area contributed by atoms with Crippen LogP contribution in [0.2, 0.25) is 0 Å². The van der Waals surface area contributed by atoms with E-state index in [2.05, 4.69) is 5.32 Å². The van der Waals surface area contributed by atoms with Gasteiger partial charge in [-0.15, -0.1) is 11.8 Å². The molecule has 1 rings (SSSR count). The van der Waals surface area contributed by atoms with Crippen molar-refractivity contribution in [3.63, 3.8) is 0 Å². The Labute approximate surface area is 88.4 Å². The zero-order valence-electron chi connectivity index (χ0n) is 8.20.